The van der Waals surface area contributed by atoms with Gasteiger partial charge in [0.15, 0.2) is 0 Å². The Morgan fingerprint density at radius 3 is 2.65 bits per heavy atom. The van der Waals surface area contributed by atoms with Crippen molar-refractivity contribution in [3.63, 3.8) is 0 Å². The van der Waals surface area contributed by atoms with Gasteiger partial charge in [-0.05, 0) is 26.8 Å². The average Bonchev–Trinajstić information content (AvgIpc) is 2.93. The zero-order valence-electron chi connectivity index (χ0n) is 13.9. The van der Waals surface area contributed by atoms with Crippen LogP contribution >= 0.6 is 0 Å². The minimum Gasteiger partial charge on any atom is -0.491 e. The third-order valence-corrected chi connectivity index (χ3v) is 4.00. The molecule has 0 unspecified atom stereocenters. The summed E-state index contributed by atoms with van der Waals surface area (Å²) >= 11 is 0. The molecule has 1 atom stereocenters. The van der Waals surface area contributed by atoms with Gasteiger partial charge in [0.1, 0.15) is 11.4 Å². The number of para-hydroxylation sites is 1. The Balaban J connectivity index is 1.58. The van der Waals surface area contributed by atoms with E-state index in [4.69, 9.17) is 4.74 Å². The molecule has 0 amide bonds. The van der Waals surface area contributed by atoms with Crippen molar-refractivity contribution < 1.29 is 9.84 Å². The van der Waals surface area contributed by atoms with Crippen molar-refractivity contribution in [3.05, 3.63) is 41.7 Å². The van der Waals surface area contributed by atoms with Crippen LogP contribution in [0.5, 0.6) is 5.75 Å². The summed E-state index contributed by atoms with van der Waals surface area (Å²) in [5.74, 6) is 0.961. The largest absolute Gasteiger partial charge is 0.491 e. The number of aromatic nitrogens is 3. The monoisotopic (exact) mass is 316 g/mol. The van der Waals surface area contributed by atoms with Crippen LogP contribution in [0.15, 0.2) is 30.5 Å². The molecule has 0 aliphatic carbocycles. The second kappa shape index (κ2) is 6.68. The Kier molecular flexibility index (Phi) is 4.63. The highest BCUT2D eigenvalue weighted by molar-refractivity contribution is 5.33. The van der Waals surface area contributed by atoms with Gasteiger partial charge >= 0.3 is 0 Å². The summed E-state index contributed by atoms with van der Waals surface area (Å²) in [5, 5.41) is 17.6. The van der Waals surface area contributed by atoms with Gasteiger partial charge in [-0.3, -0.25) is 4.90 Å². The predicted molar refractivity (Wildman–Crippen MR) is 87.2 cm³/mol. The van der Waals surface area contributed by atoms with Gasteiger partial charge in [0.25, 0.3) is 0 Å². The lowest BCUT2D eigenvalue weighted by atomic mass is 10.1. The van der Waals surface area contributed by atoms with Crippen LogP contribution in [-0.4, -0.2) is 44.2 Å². The summed E-state index contributed by atoms with van der Waals surface area (Å²) < 4.78 is 7.73. The number of hydrogen-bond acceptors (Lipinski definition) is 5. The Morgan fingerprint density at radius 1 is 1.26 bits per heavy atom. The van der Waals surface area contributed by atoms with E-state index in [2.05, 4.69) is 21.3 Å². The highest BCUT2D eigenvalue weighted by Crippen LogP contribution is 2.27. The van der Waals surface area contributed by atoms with E-state index in [1.54, 1.807) is 6.92 Å². The van der Waals surface area contributed by atoms with E-state index < -0.39 is 6.10 Å². The fourth-order valence-electron chi connectivity index (χ4n) is 2.74. The van der Waals surface area contributed by atoms with E-state index in [1.807, 2.05) is 42.9 Å². The van der Waals surface area contributed by atoms with E-state index in [0.29, 0.717) is 11.7 Å². The summed E-state index contributed by atoms with van der Waals surface area (Å²) in [5.41, 5.74) is 1.84. The maximum absolute atomic E-state index is 9.52. The van der Waals surface area contributed by atoms with Crippen molar-refractivity contribution >= 4 is 0 Å². The minimum absolute atomic E-state index is 0.175. The topological polar surface area (TPSA) is 63.4 Å². The number of hydrogen-bond donors (Lipinski definition) is 1. The predicted octanol–water partition coefficient (Wildman–Crippen LogP) is 2.18. The van der Waals surface area contributed by atoms with Crippen LogP contribution in [0.3, 0.4) is 0 Å². The van der Waals surface area contributed by atoms with Crippen LogP contribution in [0.4, 0.5) is 0 Å². The van der Waals surface area contributed by atoms with E-state index in [-0.39, 0.29) is 6.10 Å². The summed E-state index contributed by atoms with van der Waals surface area (Å²) in [4.78, 5) is 2.36. The van der Waals surface area contributed by atoms with Crippen molar-refractivity contribution in [2.24, 2.45) is 0 Å². The highest BCUT2D eigenvalue weighted by Gasteiger charge is 2.30. The van der Waals surface area contributed by atoms with Crippen LogP contribution in [0, 0.1) is 0 Å². The number of rotatable bonds is 6. The average molecular weight is 316 g/mol. The first-order chi connectivity index (χ1) is 11.0. The van der Waals surface area contributed by atoms with Crippen molar-refractivity contribution in [2.75, 3.05) is 13.1 Å². The number of likely N-dealkylation sites (tertiary alicyclic amines) is 1. The molecule has 0 bridgehead atoms. The first-order valence-electron chi connectivity index (χ1n) is 8.09. The van der Waals surface area contributed by atoms with E-state index in [0.717, 1.165) is 25.4 Å². The Hall–Kier alpha value is -1.92. The summed E-state index contributed by atoms with van der Waals surface area (Å²) in [6.45, 7) is 8.52. The molecule has 6 heteroatoms. The standard InChI is InChI=1S/C17H24N4O2/c1-12(2)23-17-7-5-4-6-14(17)8-20-9-15(10-20)21-11-16(13(3)22)18-19-21/h4-7,11-13,15,22H,8-10H2,1-3H3/t13-/m0/s1. The molecule has 0 radical (unpaired) electrons. The molecule has 3 rings (SSSR count). The lowest BCUT2D eigenvalue weighted by Gasteiger charge is -2.39. The molecule has 1 N–H and O–H groups in total. The highest BCUT2D eigenvalue weighted by atomic mass is 16.5. The fraction of sp³-hybridized carbons (Fsp3) is 0.529. The van der Waals surface area contributed by atoms with Crippen molar-refractivity contribution in [1.29, 1.82) is 0 Å². The minimum atomic E-state index is -0.569. The molecule has 124 valence electrons. The number of nitrogens with zero attached hydrogens (tertiary/aromatic N) is 4. The van der Waals surface area contributed by atoms with Crippen LogP contribution < -0.4 is 4.74 Å². The van der Waals surface area contributed by atoms with Gasteiger partial charge in [-0.25, -0.2) is 4.68 Å². The molecule has 1 aromatic heterocycles. The van der Waals surface area contributed by atoms with Gasteiger partial charge < -0.3 is 9.84 Å². The molecule has 1 fully saturated rings. The molecular weight excluding hydrogens is 292 g/mol. The maximum atomic E-state index is 9.52. The van der Waals surface area contributed by atoms with Gasteiger partial charge in [0, 0.05) is 25.2 Å². The lowest BCUT2D eigenvalue weighted by Crippen LogP contribution is -2.47. The second-order valence-corrected chi connectivity index (χ2v) is 6.42. The maximum Gasteiger partial charge on any atom is 0.124 e. The van der Waals surface area contributed by atoms with Crippen LogP contribution in [0.1, 0.15) is 44.2 Å². The molecule has 0 spiro atoms. The quantitative estimate of drug-likeness (QED) is 0.885. The Labute approximate surface area is 136 Å². The van der Waals surface area contributed by atoms with Crippen LogP contribution in [0.2, 0.25) is 0 Å². The van der Waals surface area contributed by atoms with E-state index in [9.17, 15) is 5.11 Å². The Bertz CT molecular complexity index is 648. The zero-order valence-corrected chi connectivity index (χ0v) is 13.9. The van der Waals surface area contributed by atoms with Crippen molar-refractivity contribution in [3.8, 4) is 5.75 Å². The molecule has 1 aliphatic rings. The molecule has 6 nitrogen and oxygen atoms in total. The molecule has 2 heterocycles. The number of benzene rings is 1. The second-order valence-electron chi connectivity index (χ2n) is 6.42. The SMILES string of the molecule is CC(C)Oc1ccccc1CN1CC(n2cc([C@H](C)O)nn2)C1. The lowest BCUT2D eigenvalue weighted by molar-refractivity contribution is 0.0878. The van der Waals surface area contributed by atoms with Gasteiger partial charge in [-0.1, -0.05) is 23.4 Å². The van der Waals surface area contributed by atoms with Gasteiger partial charge in [0.2, 0.25) is 0 Å². The van der Waals surface area contributed by atoms with Gasteiger partial charge in [0.05, 0.1) is 24.4 Å². The van der Waals surface area contributed by atoms with Crippen LogP contribution in [0.25, 0.3) is 0 Å². The molecule has 0 saturated carbocycles. The third kappa shape index (κ3) is 3.71. The normalized spacial score (nSPS) is 17.3. The number of aliphatic hydroxyl groups is 1. The van der Waals surface area contributed by atoms with E-state index in [1.165, 1.54) is 5.56 Å². The summed E-state index contributed by atoms with van der Waals surface area (Å²) in [6.07, 6.45) is 1.44. The smallest absolute Gasteiger partial charge is 0.124 e. The van der Waals surface area contributed by atoms with Gasteiger partial charge in [-0.15, -0.1) is 5.10 Å². The number of aliphatic hydroxyl groups excluding tert-OH is 1. The van der Waals surface area contributed by atoms with Crippen molar-refractivity contribution in [1.82, 2.24) is 19.9 Å². The molecule has 1 aromatic carbocycles. The molecule has 2 aromatic rings. The number of ether oxygens (including phenoxy) is 1. The Morgan fingerprint density at radius 2 is 2.00 bits per heavy atom. The molecular formula is C17H24N4O2. The molecule has 23 heavy (non-hydrogen) atoms. The first kappa shape index (κ1) is 16.0. The van der Waals surface area contributed by atoms with Crippen LogP contribution in [-0.2, 0) is 6.54 Å². The van der Waals surface area contributed by atoms with E-state index >= 15 is 0 Å². The first-order valence-corrected chi connectivity index (χ1v) is 8.09. The summed E-state index contributed by atoms with van der Waals surface area (Å²) in [7, 11) is 0. The summed E-state index contributed by atoms with van der Waals surface area (Å²) in [6, 6.07) is 8.53. The fourth-order valence-corrected chi connectivity index (χ4v) is 2.74. The molecule has 1 aliphatic heterocycles. The van der Waals surface area contributed by atoms with Gasteiger partial charge in [-0.2, -0.15) is 0 Å². The zero-order chi connectivity index (χ0) is 16.4. The van der Waals surface area contributed by atoms with Crippen molar-refractivity contribution in [2.45, 2.75) is 45.6 Å². The third-order valence-electron chi connectivity index (χ3n) is 4.00. The molecule has 1 saturated heterocycles.